The summed E-state index contributed by atoms with van der Waals surface area (Å²) < 4.78 is 10.7. The van der Waals surface area contributed by atoms with Gasteiger partial charge in [-0.3, -0.25) is 4.99 Å². The van der Waals surface area contributed by atoms with Crippen LogP contribution in [-0.2, 0) is 17.8 Å². The number of aliphatic imine (C=N–C) groups is 1. The highest BCUT2D eigenvalue weighted by atomic mass is 127. The van der Waals surface area contributed by atoms with Crippen molar-refractivity contribution in [2.45, 2.75) is 13.1 Å². The average Bonchev–Trinajstić information content (AvgIpc) is 2.63. The molecule has 2 rings (SSSR count). The zero-order valence-electron chi connectivity index (χ0n) is 15.8. The minimum absolute atomic E-state index is 0. The SMILES string of the molecule is CN=C(NCc1cccnc1OCCOC)N(C)Cc1cccc(Cl)c1.I. The molecule has 0 saturated heterocycles. The van der Waals surface area contributed by atoms with Crippen molar-refractivity contribution in [3.63, 3.8) is 0 Å². The van der Waals surface area contributed by atoms with Gasteiger partial charge in [-0.2, -0.15) is 0 Å². The highest BCUT2D eigenvalue weighted by molar-refractivity contribution is 14.0. The minimum atomic E-state index is 0. The van der Waals surface area contributed by atoms with Gasteiger partial charge in [-0.25, -0.2) is 4.98 Å². The predicted molar refractivity (Wildman–Crippen MR) is 120 cm³/mol. The monoisotopic (exact) mass is 504 g/mol. The molecule has 0 amide bonds. The fourth-order valence-electron chi connectivity index (χ4n) is 2.45. The Bertz CT molecular complexity index is 730. The zero-order valence-corrected chi connectivity index (χ0v) is 18.9. The van der Waals surface area contributed by atoms with Gasteiger partial charge in [0.15, 0.2) is 5.96 Å². The molecule has 0 aliphatic heterocycles. The van der Waals surface area contributed by atoms with Gasteiger partial charge in [-0.1, -0.05) is 29.8 Å². The molecule has 0 fully saturated rings. The number of nitrogens with one attached hydrogen (secondary N) is 1. The van der Waals surface area contributed by atoms with Crippen molar-refractivity contribution in [1.82, 2.24) is 15.2 Å². The number of hydrogen-bond donors (Lipinski definition) is 1. The van der Waals surface area contributed by atoms with Crippen LogP contribution in [-0.4, -0.2) is 50.3 Å². The molecule has 1 aromatic carbocycles. The van der Waals surface area contributed by atoms with Gasteiger partial charge in [-0.05, 0) is 23.8 Å². The number of rotatable bonds is 8. The van der Waals surface area contributed by atoms with Gasteiger partial charge in [0.2, 0.25) is 5.88 Å². The van der Waals surface area contributed by atoms with E-state index >= 15 is 0 Å². The van der Waals surface area contributed by atoms with E-state index in [1.165, 1.54) is 0 Å². The highest BCUT2D eigenvalue weighted by Gasteiger charge is 2.10. The fraction of sp³-hybridized carbons (Fsp3) is 0.368. The molecule has 1 heterocycles. The number of methoxy groups -OCH3 is 1. The number of nitrogens with zero attached hydrogens (tertiary/aromatic N) is 3. The Balaban J connectivity index is 0.00000364. The molecule has 0 saturated carbocycles. The molecular formula is C19H26ClIN4O2. The Hall–Kier alpha value is -1.58. The Labute approximate surface area is 183 Å². The molecule has 1 aromatic heterocycles. The maximum atomic E-state index is 6.06. The number of halogens is 2. The molecule has 0 aliphatic carbocycles. The van der Waals surface area contributed by atoms with Gasteiger partial charge < -0.3 is 19.7 Å². The standard InChI is InChI=1S/C19H25ClN4O2.HI/c1-21-19(24(2)14-15-6-4-8-17(20)12-15)23-13-16-7-5-9-22-18(16)26-11-10-25-3;/h4-9,12H,10-11,13-14H2,1-3H3,(H,21,23);1H. The molecule has 8 heteroatoms. The molecule has 1 N–H and O–H groups in total. The molecule has 0 bridgehead atoms. The second-order valence-corrected chi connectivity index (χ2v) is 6.13. The van der Waals surface area contributed by atoms with E-state index in [4.69, 9.17) is 21.1 Å². The summed E-state index contributed by atoms with van der Waals surface area (Å²) in [5, 5.41) is 4.07. The van der Waals surface area contributed by atoms with E-state index in [-0.39, 0.29) is 24.0 Å². The second-order valence-electron chi connectivity index (χ2n) is 5.70. The van der Waals surface area contributed by atoms with Crippen LogP contribution < -0.4 is 10.1 Å². The highest BCUT2D eigenvalue weighted by Crippen LogP contribution is 2.15. The predicted octanol–water partition coefficient (Wildman–Crippen LogP) is 3.59. The van der Waals surface area contributed by atoms with E-state index in [1.807, 2.05) is 48.3 Å². The largest absolute Gasteiger partial charge is 0.475 e. The molecule has 0 atom stereocenters. The number of pyridine rings is 1. The van der Waals surface area contributed by atoms with Crippen molar-refractivity contribution in [2.75, 3.05) is 34.4 Å². The Morgan fingerprint density at radius 2 is 2.07 bits per heavy atom. The van der Waals surface area contributed by atoms with Crippen LogP contribution in [0.25, 0.3) is 0 Å². The first-order valence-electron chi connectivity index (χ1n) is 8.36. The first-order chi connectivity index (χ1) is 12.6. The van der Waals surface area contributed by atoms with Gasteiger partial charge in [0.25, 0.3) is 0 Å². The second kappa shape index (κ2) is 12.7. The molecule has 148 valence electrons. The van der Waals surface area contributed by atoms with E-state index < -0.39 is 0 Å². The molecule has 0 spiro atoms. The first-order valence-corrected chi connectivity index (χ1v) is 8.73. The quantitative estimate of drug-likeness (QED) is 0.258. The van der Waals surface area contributed by atoms with Crippen LogP contribution in [0.4, 0.5) is 0 Å². The summed E-state index contributed by atoms with van der Waals surface area (Å²) in [4.78, 5) is 10.7. The van der Waals surface area contributed by atoms with E-state index in [0.717, 1.165) is 22.1 Å². The summed E-state index contributed by atoms with van der Waals surface area (Å²) in [5.74, 6) is 1.38. The van der Waals surface area contributed by atoms with Gasteiger partial charge in [0.1, 0.15) is 6.61 Å². The zero-order chi connectivity index (χ0) is 18.8. The fourth-order valence-corrected chi connectivity index (χ4v) is 2.67. The average molecular weight is 505 g/mol. The summed E-state index contributed by atoms with van der Waals surface area (Å²) >= 11 is 6.06. The van der Waals surface area contributed by atoms with Crippen LogP contribution in [0, 0.1) is 0 Å². The van der Waals surface area contributed by atoms with Crippen molar-refractivity contribution in [1.29, 1.82) is 0 Å². The van der Waals surface area contributed by atoms with Crippen LogP contribution in [0.2, 0.25) is 5.02 Å². The van der Waals surface area contributed by atoms with Crippen LogP contribution in [0.15, 0.2) is 47.6 Å². The maximum absolute atomic E-state index is 6.06. The molecule has 6 nitrogen and oxygen atoms in total. The van der Waals surface area contributed by atoms with E-state index in [9.17, 15) is 0 Å². The lowest BCUT2D eigenvalue weighted by molar-refractivity contribution is 0.143. The molecular weight excluding hydrogens is 479 g/mol. The van der Waals surface area contributed by atoms with Gasteiger partial charge in [0, 0.05) is 51.1 Å². The summed E-state index contributed by atoms with van der Waals surface area (Å²) in [6, 6.07) is 11.7. The van der Waals surface area contributed by atoms with Crippen molar-refractivity contribution < 1.29 is 9.47 Å². The molecule has 0 radical (unpaired) electrons. The smallest absolute Gasteiger partial charge is 0.218 e. The third-order valence-corrected chi connectivity index (χ3v) is 3.93. The lowest BCUT2D eigenvalue weighted by Gasteiger charge is -2.22. The van der Waals surface area contributed by atoms with Crippen molar-refractivity contribution >= 4 is 41.5 Å². The molecule has 0 unspecified atom stereocenters. The maximum Gasteiger partial charge on any atom is 0.218 e. The Kier molecular flexibility index (Phi) is 11.1. The van der Waals surface area contributed by atoms with E-state index in [2.05, 4.69) is 15.3 Å². The Morgan fingerprint density at radius 1 is 1.26 bits per heavy atom. The number of aromatic nitrogens is 1. The van der Waals surface area contributed by atoms with Gasteiger partial charge in [-0.15, -0.1) is 24.0 Å². The van der Waals surface area contributed by atoms with Crippen LogP contribution >= 0.6 is 35.6 Å². The van der Waals surface area contributed by atoms with Crippen LogP contribution in [0.1, 0.15) is 11.1 Å². The van der Waals surface area contributed by atoms with Crippen molar-refractivity contribution in [3.8, 4) is 5.88 Å². The number of guanidine groups is 1. The van der Waals surface area contributed by atoms with Crippen LogP contribution in [0.5, 0.6) is 5.88 Å². The van der Waals surface area contributed by atoms with Gasteiger partial charge in [0.05, 0.1) is 6.61 Å². The third kappa shape index (κ3) is 7.90. The summed E-state index contributed by atoms with van der Waals surface area (Å²) in [7, 11) is 5.38. The lowest BCUT2D eigenvalue weighted by Crippen LogP contribution is -2.38. The summed E-state index contributed by atoms with van der Waals surface area (Å²) in [6.45, 7) is 2.24. The minimum Gasteiger partial charge on any atom is -0.475 e. The lowest BCUT2D eigenvalue weighted by atomic mass is 10.2. The van der Waals surface area contributed by atoms with Crippen LogP contribution in [0.3, 0.4) is 0 Å². The summed E-state index contributed by atoms with van der Waals surface area (Å²) in [5.41, 5.74) is 2.08. The van der Waals surface area contributed by atoms with E-state index in [1.54, 1.807) is 20.4 Å². The number of benzene rings is 1. The Morgan fingerprint density at radius 3 is 2.78 bits per heavy atom. The van der Waals surface area contributed by atoms with Crippen molar-refractivity contribution in [3.05, 3.63) is 58.7 Å². The molecule has 2 aromatic rings. The first kappa shape index (κ1) is 23.5. The third-order valence-electron chi connectivity index (χ3n) is 3.70. The van der Waals surface area contributed by atoms with E-state index in [0.29, 0.717) is 32.2 Å². The summed E-state index contributed by atoms with van der Waals surface area (Å²) in [6.07, 6.45) is 1.71. The van der Waals surface area contributed by atoms with Gasteiger partial charge >= 0.3 is 0 Å². The molecule has 0 aliphatic rings. The van der Waals surface area contributed by atoms with Crippen molar-refractivity contribution in [2.24, 2.45) is 4.99 Å². The number of hydrogen-bond acceptors (Lipinski definition) is 4. The molecule has 27 heavy (non-hydrogen) atoms. The topological polar surface area (TPSA) is 59.0 Å². The normalized spacial score (nSPS) is 10.9. The number of ether oxygens (including phenoxy) is 2.